The Morgan fingerprint density at radius 1 is 1.15 bits per heavy atom. The van der Waals surface area contributed by atoms with Crippen LogP contribution in [0.15, 0.2) is 6.07 Å². The summed E-state index contributed by atoms with van der Waals surface area (Å²) in [5.74, 6) is 2.53. The van der Waals surface area contributed by atoms with Crippen LogP contribution in [0.3, 0.4) is 0 Å². The number of aromatic amines is 1. The molecule has 2 aromatic heterocycles. The van der Waals surface area contributed by atoms with Crippen molar-refractivity contribution in [3.05, 3.63) is 28.7 Å². The van der Waals surface area contributed by atoms with Crippen molar-refractivity contribution in [2.45, 2.75) is 57.0 Å². The van der Waals surface area contributed by atoms with Crippen LogP contribution in [0, 0.1) is 0 Å². The molecule has 0 saturated heterocycles. The van der Waals surface area contributed by atoms with Crippen molar-refractivity contribution < 1.29 is 0 Å². The van der Waals surface area contributed by atoms with E-state index in [2.05, 4.69) is 38.8 Å². The highest BCUT2D eigenvalue weighted by molar-refractivity contribution is 5.53. The van der Waals surface area contributed by atoms with Gasteiger partial charge in [-0.2, -0.15) is 10.1 Å². The molecular formula is C19H27N7. The smallest absolute Gasteiger partial charge is 0.225 e. The Bertz CT molecular complexity index is 791. The third-order valence-electron chi connectivity index (χ3n) is 5.49. The number of hydrogen-bond acceptors (Lipinski definition) is 6. The monoisotopic (exact) mass is 353 g/mol. The number of anilines is 2. The molecule has 1 aliphatic heterocycles. The van der Waals surface area contributed by atoms with E-state index in [4.69, 9.17) is 9.97 Å². The lowest BCUT2D eigenvalue weighted by atomic mass is 10.1. The van der Waals surface area contributed by atoms with Gasteiger partial charge in [0.05, 0.1) is 23.6 Å². The van der Waals surface area contributed by atoms with E-state index in [0.717, 1.165) is 49.9 Å². The van der Waals surface area contributed by atoms with E-state index >= 15 is 0 Å². The Morgan fingerprint density at radius 3 is 2.81 bits per heavy atom. The minimum atomic E-state index is 0.559. The Morgan fingerprint density at radius 2 is 2.00 bits per heavy atom. The highest BCUT2D eigenvalue weighted by Crippen LogP contribution is 2.39. The maximum atomic E-state index is 4.90. The van der Waals surface area contributed by atoms with E-state index in [-0.39, 0.29) is 0 Å². The molecule has 7 heteroatoms. The standard InChI is InChI=1S/C19H27N7/c1-26(11-14-10-17(25-24-14)12-2-3-12)18-15-6-8-20-9-7-16(15)22-19(23-18)21-13-4-5-13/h10,12-13,20H,2-9,11H2,1H3,(H,24,25)(H,21,22,23). The van der Waals surface area contributed by atoms with E-state index in [9.17, 15) is 0 Å². The molecule has 2 aromatic rings. The van der Waals surface area contributed by atoms with Gasteiger partial charge in [-0.1, -0.05) is 0 Å². The highest BCUT2D eigenvalue weighted by Gasteiger charge is 2.27. The van der Waals surface area contributed by atoms with E-state index in [1.54, 1.807) is 0 Å². The largest absolute Gasteiger partial charge is 0.353 e. The summed E-state index contributed by atoms with van der Waals surface area (Å²) in [6.07, 6.45) is 6.96. The SMILES string of the molecule is CN(Cc1cc(C2CC2)n[nH]1)c1nc(NC2CC2)nc2c1CCNCC2. The predicted octanol–water partition coefficient (Wildman–Crippen LogP) is 1.98. The number of hydrogen-bond donors (Lipinski definition) is 3. The summed E-state index contributed by atoms with van der Waals surface area (Å²) < 4.78 is 0. The van der Waals surface area contributed by atoms with Gasteiger partial charge < -0.3 is 15.5 Å². The van der Waals surface area contributed by atoms with Crippen molar-refractivity contribution in [1.29, 1.82) is 0 Å². The Hall–Kier alpha value is -2.15. The quantitative estimate of drug-likeness (QED) is 0.737. The van der Waals surface area contributed by atoms with Crippen LogP contribution < -0.4 is 15.5 Å². The van der Waals surface area contributed by atoms with Crippen LogP contribution >= 0.6 is 0 Å². The summed E-state index contributed by atoms with van der Waals surface area (Å²) >= 11 is 0. The van der Waals surface area contributed by atoms with E-state index < -0.39 is 0 Å². The Balaban J connectivity index is 1.42. The van der Waals surface area contributed by atoms with Crippen molar-refractivity contribution in [1.82, 2.24) is 25.5 Å². The molecule has 0 aromatic carbocycles. The molecule has 2 fully saturated rings. The van der Waals surface area contributed by atoms with Crippen LogP contribution in [0.4, 0.5) is 11.8 Å². The topological polar surface area (TPSA) is 81.8 Å². The Labute approximate surface area is 154 Å². The van der Waals surface area contributed by atoms with Crippen LogP contribution in [0.5, 0.6) is 0 Å². The van der Waals surface area contributed by atoms with Gasteiger partial charge >= 0.3 is 0 Å². The van der Waals surface area contributed by atoms with Gasteiger partial charge in [-0.3, -0.25) is 5.10 Å². The van der Waals surface area contributed by atoms with Crippen molar-refractivity contribution in [2.24, 2.45) is 0 Å². The van der Waals surface area contributed by atoms with Crippen molar-refractivity contribution in [2.75, 3.05) is 30.4 Å². The molecule has 2 saturated carbocycles. The molecule has 3 heterocycles. The molecule has 0 bridgehead atoms. The van der Waals surface area contributed by atoms with E-state index in [0.29, 0.717) is 12.0 Å². The molecule has 0 spiro atoms. The molecule has 0 amide bonds. The third kappa shape index (κ3) is 3.40. The summed E-state index contributed by atoms with van der Waals surface area (Å²) in [5, 5.41) is 14.7. The molecule has 3 N–H and O–H groups in total. The number of fused-ring (bicyclic) bond motifs is 1. The molecule has 3 aliphatic rings. The van der Waals surface area contributed by atoms with Crippen molar-refractivity contribution in [3.63, 3.8) is 0 Å². The van der Waals surface area contributed by atoms with Gasteiger partial charge in [0.2, 0.25) is 5.95 Å². The molecular weight excluding hydrogens is 326 g/mol. The molecule has 26 heavy (non-hydrogen) atoms. The number of H-pyrrole nitrogens is 1. The minimum Gasteiger partial charge on any atom is -0.353 e. The first-order valence-corrected chi connectivity index (χ1v) is 9.88. The number of rotatable bonds is 6. The fraction of sp³-hybridized carbons (Fsp3) is 0.632. The number of aromatic nitrogens is 4. The maximum absolute atomic E-state index is 4.90. The average molecular weight is 353 g/mol. The molecule has 0 atom stereocenters. The highest BCUT2D eigenvalue weighted by atomic mass is 15.2. The summed E-state index contributed by atoms with van der Waals surface area (Å²) in [5.41, 5.74) is 4.86. The lowest BCUT2D eigenvalue weighted by Gasteiger charge is -2.22. The summed E-state index contributed by atoms with van der Waals surface area (Å²) in [4.78, 5) is 12.0. The molecule has 0 radical (unpaired) electrons. The second-order valence-corrected chi connectivity index (χ2v) is 7.91. The molecule has 7 nitrogen and oxygen atoms in total. The first kappa shape index (κ1) is 16.1. The molecule has 0 unspecified atom stereocenters. The summed E-state index contributed by atoms with van der Waals surface area (Å²) in [6, 6.07) is 2.78. The van der Waals surface area contributed by atoms with Gasteiger partial charge in [-0.05, 0) is 44.7 Å². The predicted molar refractivity (Wildman–Crippen MR) is 102 cm³/mol. The van der Waals surface area contributed by atoms with Gasteiger partial charge in [0, 0.05) is 37.5 Å². The zero-order valence-electron chi connectivity index (χ0n) is 15.4. The Kier molecular flexibility index (Phi) is 4.04. The van der Waals surface area contributed by atoms with Gasteiger partial charge in [-0.15, -0.1) is 0 Å². The lowest BCUT2D eigenvalue weighted by molar-refractivity contribution is 0.708. The van der Waals surface area contributed by atoms with Crippen LogP contribution in [0.1, 0.15) is 54.2 Å². The van der Waals surface area contributed by atoms with Crippen LogP contribution in [-0.2, 0) is 19.4 Å². The second-order valence-electron chi connectivity index (χ2n) is 7.91. The maximum Gasteiger partial charge on any atom is 0.225 e. The second kappa shape index (κ2) is 6.54. The van der Waals surface area contributed by atoms with Gasteiger partial charge in [0.15, 0.2) is 0 Å². The van der Waals surface area contributed by atoms with Gasteiger partial charge in [0.25, 0.3) is 0 Å². The molecule has 2 aliphatic carbocycles. The fourth-order valence-electron chi connectivity index (χ4n) is 3.69. The van der Waals surface area contributed by atoms with E-state index in [1.807, 2.05) is 0 Å². The van der Waals surface area contributed by atoms with Gasteiger partial charge in [-0.25, -0.2) is 4.98 Å². The number of nitrogens with one attached hydrogen (secondary N) is 3. The normalized spacial score (nSPS) is 19.7. The minimum absolute atomic E-state index is 0.559. The first-order valence-electron chi connectivity index (χ1n) is 9.88. The van der Waals surface area contributed by atoms with Crippen LogP contribution in [0.2, 0.25) is 0 Å². The zero-order valence-corrected chi connectivity index (χ0v) is 15.4. The van der Waals surface area contributed by atoms with Crippen LogP contribution in [0.25, 0.3) is 0 Å². The first-order chi connectivity index (χ1) is 12.8. The van der Waals surface area contributed by atoms with Crippen molar-refractivity contribution in [3.8, 4) is 0 Å². The van der Waals surface area contributed by atoms with Crippen LogP contribution in [-0.4, -0.2) is 46.3 Å². The summed E-state index contributed by atoms with van der Waals surface area (Å²) in [6.45, 7) is 2.77. The molecule has 5 rings (SSSR count). The fourth-order valence-corrected chi connectivity index (χ4v) is 3.69. The average Bonchev–Trinajstić information content (AvgIpc) is 3.54. The summed E-state index contributed by atoms with van der Waals surface area (Å²) in [7, 11) is 2.12. The van der Waals surface area contributed by atoms with Crippen molar-refractivity contribution >= 4 is 11.8 Å². The zero-order chi connectivity index (χ0) is 17.5. The molecule has 138 valence electrons. The van der Waals surface area contributed by atoms with E-state index in [1.165, 1.54) is 42.6 Å². The number of nitrogens with zero attached hydrogens (tertiary/aromatic N) is 4. The third-order valence-corrected chi connectivity index (χ3v) is 5.49. The van der Waals surface area contributed by atoms with Gasteiger partial charge in [0.1, 0.15) is 5.82 Å². The lowest BCUT2D eigenvalue weighted by Crippen LogP contribution is -2.22.